The van der Waals surface area contributed by atoms with Crippen LogP contribution in [0.1, 0.15) is 22.0 Å². The van der Waals surface area contributed by atoms with Gasteiger partial charge in [-0.1, -0.05) is 49.0 Å². The summed E-state index contributed by atoms with van der Waals surface area (Å²) in [6, 6.07) is 18.1. The third-order valence-electron chi connectivity index (χ3n) is 6.22. The van der Waals surface area contributed by atoms with Gasteiger partial charge in [0.25, 0.3) is 11.8 Å². The predicted octanol–water partition coefficient (Wildman–Crippen LogP) is 5.84. The maximum absolute atomic E-state index is 13.3. The number of benzene rings is 3. The van der Waals surface area contributed by atoms with Crippen molar-refractivity contribution in [2.24, 2.45) is 0 Å². The van der Waals surface area contributed by atoms with Gasteiger partial charge in [-0.2, -0.15) is 18.3 Å². The molecule has 1 saturated heterocycles. The van der Waals surface area contributed by atoms with Gasteiger partial charge in [-0.05, 0) is 30.3 Å². The smallest absolute Gasteiger partial charge is 0.332 e. The summed E-state index contributed by atoms with van der Waals surface area (Å²) in [7, 11) is 0. The van der Waals surface area contributed by atoms with Crippen molar-refractivity contribution in [1.82, 2.24) is 14.7 Å². The number of nitrogens with one attached hydrogen (secondary N) is 1. The summed E-state index contributed by atoms with van der Waals surface area (Å²) in [5, 5.41) is 8.06. The number of rotatable bonds is 5. The number of aromatic nitrogens is 2. The highest BCUT2D eigenvalue weighted by Crippen LogP contribution is 2.36. The Bertz CT molecular complexity index is 1510. The number of fused-ring (bicyclic) bond motifs is 1. The van der Waals surface area contributed by atoms with Crippen LogP contribution in [-0.4, -0.2) is 39.6 Å². The van der Waals surface area contributed by atoms with Crippen LogP contribution in [0.15, 0.2) is 85.2 Å². The molecular weight excluding hydrogens is 488 g/mol. The molecule has 2 amide bonds. The van der Waals surface area contributed by atoms with E-state index in [1.54, 1.807) is 47.1 Å². The van der Waals surface area contributed by atoms with E-state index in [-0.39, 0.29) is 19.1 Å². The third-order valence-corrected chi connectivity index (χ3v) is 6.22. The fourth-order valence-corrected chi connectivity index (χ4v) is 4.34. The molecule has 3 aromatic carbocycles. The minimum atomic E-state index is -4.48. The molecule has 0 radical (unpaired) electrons. The van der Waals surface area contributed by atoms with Crippen molar-refractivity contribution in [3.8, 4) is 11.3 Å². The van der Waals surface area contributed by atoms with Gasteiger partial charge in [-0.3, -0.25) is 14.3 Å². The van der Waals surface area contributed by atoms with E-state index in [0.717, 1.165) is 12.1 Å². The number of carbonyl (C=O) groups excluding carboxylic acids is 2. The number of alkyl halides is 3. The van der Waals surface area contributed by atoms with Crippen LogP contribution < -0.4 is 5.32 Å². The van der Waals surface area contributed by atoms with Crippen LogP contribution in [0.2, 0.25) is 0 Å². The molecule has 0 bridgehead atoms. The minimum Gasteiger partial charge on any atom is -0.332 e. The number of halogens is 4. The first kappa shape index (κ1) is 24.2. The fourth-order valence-electron chi connectivity index (χ4n) is 4.34. The molecule has 0 saturated carbocycles. The lowest BCUT2D eigenvalue weighted by Crippen LogP contribution is -2.51. The summed E-state index contributed by atoms with van der Waals surface area (Å²) in [5.41, 5.74) is 1.37. The molecule has 37 heavy (non-hydrogen) atoms. The standard InChI is InChI=1S/C27H20F4N4O2/c1-16(28)26(37)34-14-20(15-34)35-24-21(23(33-35)17-10-12-18(13-11-17)27(29,30)31)8-5-9-22(24)25(36)32-19-6-3-2-4-7-19/h2-13,20H,1,14-15H2,(H,32,36). The number of carbonyl (C=O) groups is 2. The Morgan fingerprint density at radius 1 is 0.946 bits per heavy atom. The molecule has 1 aliphatic heterocycles. The number of amides is 2. The average molecular weight is 508 g/mol. The Labute approximate surface area is 208 Å². The van der Waals surface area contributed by atoms with Gasteiger partial charge in [0.1, 0.15) is 5.69 Å². The van der Waals surface area contributed by atoms with E-state index in [4.69, 9.17) is 0 Å². The molecular formula is C27H20F4N4O2. The number of hydrogen-bond donors (Lipinski definition) is 1. The first-order valence-electron chi connectivity index (χ1n) is 11.3. The Morgan fingerprint density at radius 3 is 2.24 bits per heavy atom. The summed E-state index contributed by atoms with van der Waals surface area (Å²) in [6.07, 6.45) is -4.48. The highest BCUT2D eigenvalue weighted by atomic mass is 19.4. The largest absolute Gasteiger partial charge is 0.416 e. The van der Waals surface area contributed by atoms with E-state index in [9.17, 15) is 27.2 Å². The molecule has 1 aromatic heterocycles. The monoisotopic (exact) mass is 508 g/mol. The summed E-state index contributed by atoms with van der Waals surface area (Å²) in [4.78, 5) is 26.5. The van der Waals surface area contributed by atoms with Crippen LogP contribution in [-0.2, 0) is 11.0 Å². The van der Waals surface area contributed by atoms with Gasteiger partial charge in [-0.25, -0.2) is 4.39 Å². The van der Waals surface area contributed by atoms with Crippen molar-refractivity contribution in [3.05, 3.63) is 96.3 Å². The van der Waals surface area contributed by atoms with Gasteiger partial charge in [-0.15, -0.1) is 0 Å². The van der Waals surface area contributed by atoms with Crippen molar-refractivity contribution in [1.29, 1.82) is 0 Å². The summed E-state index contributed by atoms with van der Waals surface area (Å²) in [6.45, 7) is 3.31. The topological polar surface area (TPSA) is 67.2 Å². The Kier molecular flexibility index (Phi) is 6.02. The van der Waals surface area contributed by atoms with E-state index >= 15 is 0 Å². The van der Waals surface area contributed by atoms with E-state index in [0.29, 0.717) is 33.4 Å². The van der Waals surface area contributed by atoms with Crippen LogP contribution in [0.3, 0.4) is 0 Å². The first-order valence-corrected chi connectivity index (χ1v) is 11.3. The number of anilines is 1. The molecule has 6 nitrogen and oxygen atoms in total. The molecule has 5 rings (SSSR count). The van der Waals surface area contributed by atoms with E-state index in [1.807, 2.05) is 6.07 Å². The predicted molar refractivity (Wildman–Crippen MR) is 130 cm³/mol. The van der Waals surface area contributed by atoms with Crippen molar-refractivity contribution >= 4 is 28.4 Å². The quantitative estimate of drug-likeness (QED) is 0.272. The van der Waals surface area contributed by atoms with Gasteiger partial charge in [0.15, 0.2) is 5.83 Å². The van der Waals surface area contributed by atoms with E-state index < -0.39 is 29.4 Å². The zero-order valence-corrected chi connectivity index (χ0v) is 19.3. The fraction of sp³-hybridized carbons (Fsp3) is 0.148. The lowest BCUT2D eigenvalue weighted by Gasteiger charge is -2.39. The van der Waals surface area contributed by atoms with Crippen LogP contribution in [0, 0.1) is 0 Å². The van der Waals surface area contributed by atoms with E-state index in [1.165, 1.54) is 17.0 Å². The Balaban J connectivity index is 1.59. The molecule has 0 spiro atoms. The van der Waals surface area contributed by atoms with Crippen molar-refractivity contribution in [2.75, 3.05) is 18.4 Å². The molecule has 4 aromatic rings. The number of para-hydroxylation sites is 2. The lowest BCUT2D eigenvalue weighted by atomic mass is 10.0. The average Bonchev–Trinajstić information content (AvgIpc) is 3.22. The Hall–Kier alpha value is -4.47. The maximum Gasteiger partial charge on any atom is 0.416 e. The van der Waals surface area contributed by atoms with E-state index in [2.05, 4.69) is 17.0 Å². The zero-order valence-electron chi connectivity index (χ0n) is 19.3. The maximum atomic E-state index is 13.3. The van der Waals surface area contributed by atoms with Crippen LogP contribution in [0.25, 0.3) is 22.2 Å². The first-order chi connectivity index (χ1) is 17.6. The van der Waals surface area contributed by atoms with Gasteiger partial charge in [0.05, 0.1) is 22.7 Å². The summed E-state index contributed by atoms with van der Waals surface area (Å²) < 4.78 is 54.2. The molecule has 0 unspecified atom stereocenters. The molecule has 0 atom stereocenters. The lowest BCUT2D eigenvalue weighted by molar-refractivity contribution is -0.137. The van der Waals surface area contributed by atoms with Crippen LogP contribution in [0.5, 0.6) is 0 Å². The second-order valence-electron chi connectivity index (χ2n) is 8.66. The molecule has 1 aliphatic rings. The Morgan fingerprint density at radius 2 is 1.62 bits per heavy atom. The minimum absolute atomic E-state index is 0.139. The number of likely N-dealkylation sites (tertiary alicyclic amines) is 1. The highest BCUT2D eigenvalue weighted by molar-refractivity contribution is 6.14. The van der Waals surface area contributed by atoms with Gasteiger partial charge in [0, 0.05) is 29.7 Å². The second kappa shape index (κ2) is 9.20. The van der Waals surface area contributed by atoms with Crippen molar-refractivity contribution in [3.63, 3.8) is 0 Å². The van der Waals surface area contributed by atoms with Crippen LogP contribution >= 0.6 is 0 Å². The van der Waals surface area contributed by atoms with Gasteiger partial charge >= 0.3 is 6.18 Å². The SMILES string of the molecule is C=C(F)C(=O)N1CC(n2nc(-c3ccc(C(F)(F)F)cc3)c3cccc(C(=O)Nc4ccccc4)c32)C1. The molecule has 1 fully saturated rings. The van der Waals surface area contributed by atoms with Gasteiger partial charge in [0.2, 0.25) is 0 Å². The van der Waals surface area contributed by atoms with Crippen LogP contribution in [0.4, 0.5) is 23.2 Å². The second-order valence-corrected chi connectivity index (χ2v) is 8.66. The van der Waals surface area contributed by atoms with Crippen molar-refractivity contribution < 1.29 is 27.2 Å². The molecule has 2 heterocycles. The summed E-state index contributed by atoms with van der Waals surface area (Å²) >= 11 is 0. The third kappa shape index (κ3) is 4.57. The molecule has 188 valence electrons. The normalized spacial score (nSPS) is 13.9. The molecule has 1 N–H and O–H groups in total. The number of nitrogens with zero attached hydrogens (tertiary/aromatic N) is 3. The zero-order chi connectivity index (χ0) is 26.3. The molecule has 0 aliphatic carbocycles. The molecule has 10 heteroatoms. The van der Waals surface area contributed by atoms with Crippen molar-refractivity contribution in [2.45, 2.75) is 12.2 Å². The highest BCUT2D eigenvalue weighted by Gasteiger charge is 2.36. The number of hydrogen-bond acceptors (Lipinski definition) is 3. The summed E-state index contributed by atoms with van der Waals surface area (Å²) in [5.74, 6) is -2.30. The van der Waals surface area contributed by atoms with Gasteiger partial charge < -0.3 is 10.2 Å².